The van der Waals surface area contributed by atoms with E-state index in [4.69, 9.17) is 23.2 Å². The Bertz CT molecular complexity index is 53.7. The molecule has 0 saturated carbocycles. The molecule has 0 nitrogen and oxygen atoms in total. The van der Waals surface area contributed by atoms with E-state index in [1.54, 1.807) is 0 Å². The standard InChI is InChI=1S/C4H8Cl2Si/c1-2-3-7-4(5)6/h2,4H,1,3,7H2. The molecule has 0 N–H and O–H groups in total. The van der Waals surface area contributed by atoms with Gasteiger partial charge in [0.1, 0.15) is 0 Å². The molecule has 0 fully saturated rings. The lowest BCUT2D eigenvalue weighted by Gasteiger charge is -1.90. The van der Waals surface area contributed by atoms with E-state index in [-0.39, 0.29) is 14.0 Å². The highest BCUT2D eigenvalue weighted by molar-refractivity contribution is 6.68. The Morgan fingerprint density at radius 2 is 2.29 bits per heavy atom. The molecule has 0 radical (unpaired) electrons. The fourth-order valence-electron chi connectivity index (χ4n) is 0.244. The zero-order chi connectivity index (χ0) is 5.70. The maximum absolute atomic E-state index is 5.44. The quantitative estimate of drug-likeness (QED) is 0.329. The van der Waals surface area contributed by atoms with Crippen LogP contribution in [0, 0.1) is 0 Å². The molecule has 0 aromatic carbocycles. The molecule has 0 atom stereocenters. The summed E-state index contributed by atoms with van der Waals surface area (Å²) in [5.74, 6) is 0. The normalized spacial score (nSPS) is 11.3. The molecule has 0 aliphatic carbocycles. The Labute approximate surface area is 56.3 Å². The first-order valence-electron chi connectivity index (χ1n) is 2.16. The van der Waals surface area contributed by atoms with Crippen LogP contribution in [0.25, 0.3) is 0 Å². The Balaban J connectivity index is 2.81. The van der Waals surface area contributed by atoms with Crippen molar-refractivity contribution in [2.24, 2.45) is 0 Å². The van der Waals surface area contributed by atoms with Crippen molar-refractivity contribution in [2.45, 2.75) is 10.5 Å². The first-order valence-corrected chi connectivity index (χ1v) is 4.85. The molecule has 0 spiro atoms. The van der Waals surface area contributed by atoms with E-state index in [0.717, 1.165) is 6.04 Å². The Hall–Kier alpha value is 0.537. The second-order valence-electron chi connectivity index (χ2n) is 1.26. The van der Waals surface area contributed by atoms with Gasteiger partial charge in [-0.25, -0.2) is 0 Å². The van der Waals surface area contributed by atoms with Crippen LogP contribution in [0.1, 0.15) is 0 Å². The average Bonchev–Trinajstić information content (AvgIpc) is 1.61. The third kappa shape index (κ3) is 6.54. The smallest absolute Gasteiger partial charge is 0.0910 e. The lowest BCUT2D eigenvalue weighted by atomic mass is 10.8. The van der Waals surface area contributed by atoms with Gasteiger partial charge in [-0.05, 0) is 6.04 Å². The van der Waals surface area contributed by atoms with E-state index in [1.807, 2.05) is 6.08 Å². The van der Waals surface area contributed by atoms with Gasteiger partial charge >= 0.3 is 0 Å². The summed E-state index contributed by atoms with van der Waals surface area (Å²) in [7, 11) is -0.241. The lowest BCUT2D eigenvalue weighted by molar-refractivity contribution is 1.65. The van der Waals surface area contributed by atoms with Gasteiger partial charge in [0, 0.05) is 0 Å². The van der Waals surface area contributed by atoms with Crippen LogP contribution in [0.3, 0.4) is 0 Å². The number of hydrogen-bond acceptors (Lipinski definition) is 0. The van der Waals surface area contributed by atoms with Gasteiger partial charge in [0.05, 0.1) is 14.0 Å². The largest absolute Gasteiger partial charge is 0.110 e. The highest BCUT2D eigenvalue weighted by atomic mass is 35.5. The molecule has 0 amide bonds. The van der Waals surface area contributed by atoms with Crippen molar-refractivity contribution >= 4 is 32.7 Å². The topological polar surface area (TPSA) is 0 Å². The van der Waals surface area contributed by atoms with Crippen LogP contribution in [0.15, 0.2) is 12.7 Å². The van der Waals surface area contributed by atoms with Crippen LogP contribution in [0.4, 0.5) is 0 Å². The van der Waals surface area contributed by atoms with Gasteiger partial charge in [-0.1, -0.05) is 6.08 Å². The third-order valence-electron chi connectivity index (χ3n) is 0.589. The second-order valence-corrected chi connectivity index (χ2v) is 5.54. The van der Waals surface area contributed by atoms with E-state index in [1.165, 1.54) is 0 Å². The molecule has 0 aromatic heterocycles. The summed E-state index contributed by atoms with van der Waals surface area (Å²) in [6, 6.07) is 1.04. The van der Waals surface area contributed by atoms with Crippen molar-refractivity contribution in [3.05, 3.63) is 12.7 Å². The molecule has 42 valence electrons. The van der Waals surface area contributed by atoms with Gasteiger partial charge in [-0.15, -0.1) is 29.8 Å². The number of halogens is 2. The highest BCUT2D eigenvalue weighted by Crippen LogP contribution is 2.00. The molecule has 0 aliphatic rings. The minimum absolute atomic E-state index is 0.0852. The summed E-state index contributed by atoms with van der Waals surface area (Å²) in [4.78, 5) is 0. The highest BCUT2D eigenvalue weighted by Gasteiger charge is 1.93. The van der Waals surface area contributed by atoms with Crippen molar-refractivity contribution in [1.82, 2.24) is 0 Å². The molecule has 0 aromatic rings. The van der Waals surface area contributed by atoms with Crippen LogP contribution in [-0.4, -0.2) is 14.0 Å². The van der Waals surface area contributed by atoms with E-state index in [0.29, 0.717) is 0 Å². The van der Waals surface area contributed by atoms with Gasteiger partial charge in [-0.2, -0.15) is 0 Å². The number of alkyl halides is 2. The van der Waals surface area contributed by atoms with E-state index in [9.17, 15) is 0 Å². The minimum Gasteiger partial charge on any atom is -0.110 e. The zero-order valence-electron chi connectivity index (χ0n) is 4.03. The molecular weight excluding hydrogens is 147 g/mol. The van der Waals surface area contributed by atoms with E-state index < -0.39 is 0 Å². The molecule has 0 aliphatic heterocycles. The van der Waals surface area contributed by atoms with Crippen LogP contribution in [0.5, 0.6) is 0 Å². The number of hydrogen-bond donors (Lipinski definition) is 0. The second kappa shape index (κ2) is 4.69. The lowest BCUT2D eigenvalue weighted by Crippen LogP contribution is -1.97. The molecule has 7 heavy (non-hydrogen) atoms. The van der Waals surface area contributed by atoms with Gasteiger partial charge in [0.25, 0.3) is 0 Å². The van der Waals surface area contributed by atoms with Crippen LogP contribution < -0.4 is 0 Å². The van der Waals surface area contributed by atoms with Crippen molar-refractivity contribution in [2.75, 3.05) is 0 Å². The fraction of sp³-hybridized carbons (Fsp3) is 0.500. The van der Waals surface area contributed by atoms with Gasteiger partial charge < -0.3 is 0 Å². The Kier molecular flexibility index (Phi) is 5.05. The zero-order valence-corrected chi connectivity index (χ0v) is 6.96. The third-order valence-corrected chi connectivity index (χ3v) is 3.08. The predicted molar refractivity (Wildman–Crippen MR) is 39.0 cm³/mol. The molecule has 0 rings (SSSR count). The summed E-state index contributed by atoms with van der Waals surface area (Å²) in [6.45, 7) is 3.55. The van der Waals surface area contributed by atoms with Crippen molar-refractivity contribution in [3.8, 4) is 0 Å². The first kappa shape index (κ1) is 7.54. The minimum atomic E-state index is -0.241. The molecule has 0 heterocycles. The van der Waals surface area contributed by atoms with Gasteiger partial charge in [0.15, 0.2) is 0 Å². The monoisotopic (exact) mass is 154 g/mol. The van der Waals surface area contributed by atoms with Crippen LogP contribution in [0.2, 0.25) is 6.04 Å². The molecule has 0 unspecified atom stereocenters. The maximum Gasteiger partial charge on any atom is 0.0910 e. The summed E-state index contributed by atoms with van der Waals surface area (Å²) in [6.07, 6.45) is 1.87. The fourth-order valence-corrected chi connectivity index (χ4v) is 1.49. The average molecular weight is 155 g/mol. The molecule has 3 heteroatoms. The molecular formula is C4H8Cl2Si. The number of allylic oxidation sites excluding steroid dienone is 1. The van der Waals surface area contributed by atoms with Crippen LogP contribution in [-0.2, 0) is 0 Å². The maximum atomic E-state index is 5.44. The van der Waals surface area contributed by atoms with E-state index in [2.05, 4.69) is 6.58 Å². The van der Waals surface area contributed by atoms with Crippen molar-refractivity contribution < 1.29 is 0 Å². The summed E-state index contributed by atoms with van der Waals surface area (Å²) in [5.41, 5.74) is 0. The molecule has 0 bridgehead atoms. The first-order chi connectivity index (χ1) is 3.27. The van der Waals surface area contributed by atoms with Crippen LogP contribution >= 0.6 is 23.2 Å². The van der Waals surface area contributed by atoms with Gasteiger partial charge in [0.2, 0.25) is 0 Å². The Morgan fingerprint density at radius 1 is 1.71 bits per heavy atom. The summed E-state index contributed by atoms with van der Waals surface area (Å²) in [5, 5.41) is 0. The van der Waals surface area contributed by atoms with Crippen molar-refractivity contribution in [3.63, 3.8) is 0 Å². The van der Waals surface area contributed by atoms with E-state index >= 15 is 0 Å². The SMILES string of the molecule is C=CC[SiH2]C(Cl)Cl. The van der Waals surface area contributed by atoms with Crippen molar-refractivity contribution in [1.29, 1.82) is 0 Å². The van der Waals surface area contributed by atoms with Gasteiger partial charge in [-0.3, -0.25) is 0 Å². The predicted octanol–water partition coefficient (Wildman–Crippen LogP) is 1.52. The molecule has 0 saturated heterocycles. The Morgan fingerprint density at radius 3 is 2.43 bits per heavy atom. The number of rotatable bonds is 3. The summed E-state index contributed by atoms with van der Waals surface area (Å²) >= 11 is 10.9. The summed E-state index contributed by atoms with van der Waals surface area (Å²) < 4.78 is -0.0852.